The number of carbonyl (C=O) groups excluding carboxylic acids is 1. The minimum Gasteiger partial charge on any atom is -0.488 e. The number of nitrogens with one attached hydrogen (secondary N) is 1. The third-order valence-corrected chi connectivity index (χ3v) is 6.73. The molecule has 156 valence electrons. The summed E-state index contributed by atoms with van der Waals surface area (Å²) in [5.41, 5.74) is 4.00. The van der Waals surface area contributed by atoms with Crippen LogP contribution in [0.25, 0.3) is 6.08 Å². The maximum absolute atomic E-state index is 12.4. The molecule has 0 saturated carbocycles. The molecule has 3 aromatic carbocycles. The molecule has 4 rings (SSSR count). The summed E-state index contributed by atoms with van der Waals surface area (Å²) in [4.78, 5) is 17.5. The predicted octanol–water partition coefficient (Wildman–Crippen LogP) is 6.83. The van der Waals surface area contributed by atoms with E-state index in [-0.39, 0.29) is 5.91 Å². The molecule has 3 aromatic rings. The molecule has 1 N–H and O–H groups in total. The molecule has 0 aromatic heterocycles. The molecular formula is C24H18BrIN2O2S. The highest BCUT2D eigenvalue weighted by atomic mass is 127. The molecule has 1 saturated heterocycles. The second kappa shape index (κ2) is 10.0. The lowest BCUT2D eigenvalue weighted by Crippen LogP contribution is -2.19. The summed E-state index contributed by atoms with van der Waals surface area (Å²) in [6.07, 6.45) is 1.85. The van der Waals surface area contributed by atoms with Crippen molar-refractivity contribution in [3.8, 4) is 5.75 Å². The van der Waals surface area contributed by atoms with Crippen LogP contribution in [0.15, 0.2) is 81.1 Å². The van der Waals surface area contributed by atoms with Crippen LogP contribution in [0.2, 0.25) is 0 Å². The number of amides is 1. The van der Waals surface area contributed by atoms with Gasteiger partial charge in [0.1, 0.15) is 12.4 Å². The summed E-state index contributed by atoms with van der Waals surface area (Å²) in [6.45, 7) is 2.52. The van der Waals surface area contributed by atoms with Crippen LogP contribution in [0.1, 0.15) is 16.7 Å². The van der Waals surface area contributed by atoms with Gasteiger partial charge in [-0.1, -0.05) is 35.9 Å². The maximum Gasteiger partial charge on any atom is 0.264 e. The topological polar surface area (TPSA) is 50.7 Å². The molecule has 1 heterocycles. The average molecular weight is 605 g/mol. The number of thioether (sulfide) groups is 1. The van der Waals surface area contributed by atoms with Crippen molar-refractivity contribution in [1.82, 2.24) is 5.32 Å². The molecule has 0 radical (unpaired) electrons. The van der Waals surface area contributed by atoms with E-state index < -0.39 is 0 Å². The smallest absolute Gasteiger partial charge is 0.264 e. The van der Waals surface area contributed by atoms with E-state index in [1.54, 1.807) is 0 Å². The molecule has 0 aliphatic carbocycles. The van der Waals surface area contributed by atoms with Crippen LogP contribution in [0.4, 0.5) is 5.69 Å². The minimum atomic E-state index is -0.147. The van der Waals surface area contributed by atoms with E-state index in [2.05, 4.69) is 73.1 Å². The van der Waals surface area contributed by atoms with Crippen LogP contribution in [0.5, 0.6) is 5.75 Å². The Morgan fingerprint density at radius 1 is 1.10 bits per heavy atom. The van der Waals surface area contributed by atoms with E-state index in [1.807, 2.05) is 55.5 Å². The van der Waals surface area contributed by atoms with Crippen LogP contribution in [-0.4, -0.2) is 11.1 Å². The number of rotatable bonds is 5. The molecular weight excluding hydrogens is 587 g/mol. The Labute approximate surface area is 207 Å². The van der Waals surface area contributed by atoms with Gasteiger partial charge < -0.3 is 10.1 Å². The quantitative estimate of drug-likeness (QED) is 0.256. The third kappa shape index (κ3) is 5.99. The summed E-state index contributed by atoms with van der Waals surface area (Å²) in [7, 11) is 0. The molecule has 0 spiro atoms. The summed E-state index contributed by atoms with van der Waals surface area (Å²) in [5, 5.41) is 3.40. The van der Waals surface area contributed by atoms with Gasteiger partial charge in [0.15, 0.2) is 5.17 Å². The first-order valence-corrected chi connectivity index (χ1v) is 12.2. The zero-order valence-electron chi connectivity index (χ0n) is 16.6. The highest BCUT2D eigenvalue weighted by Gasteiger charge is 2.23. The Kier molecular flexibility index (Phi) is 7.14. The lowest BCUT2D eigenvalue weighted by molar-refractivity contribution is -0.115. The SMILES string of the molecule is Cc1ccc(N=C2NC(=O)/C(=C\c3ccc(OCc4ccc(I)cc4)c(Br)c3)S2)cc1. The molecule has 0 unspecified atom stereocenters. The molecule has 1 aliphatic rings. The average Bonchev–Trinajstić information content (AvgIpc) is 3.09. The number of hydrogen-bond acceptors (Lipinski definition) is 4. The Bertz CT molecular complexity index is 1180. The van der Waals surface area contributed by atoms with Crippen molar-refractivity contribution in [2.24, 2.45) is 4.99 Å². The Hall–Kier alpha value is -2.10. The first-order chi connectivity index (χ1) is 15.0. The summed E-state index contributed by atoms with van der Waals surface area (Å²) < 4.78 is 7.96. The predicted molar refractivity (Wildman–Crippen MR) is 140 cm³/mol. The van der Waals surface area contributed by atoms with E-state index in [0.29, 0.717) is 16.7 Å². The van der Waals surface area contributed by atoms with E-state index in [0.717, 1.165) is 27.0 Å². The van der Waals surface area contributed by atoms with Crippen molar-refractivity contribution in [2.75, 3.05) is 0 Å². The van der Waals surface area contributed by atoms with E-state index >= 15 is 0 Å². The Morgan fingerprint density at radius 3 is 2.55 bits per heavy atom. The number of hydrogen-bond donors (Lipinski definition) is 1. The van der Waals surface area contributed by atoms with Crippen LogP contribution in [0.3, 0.4) is 0 Å². The first kappa shape index (κ1) is 22.1. The standard InChI is InChI=1S/C24H18BrIN2O2S/c1-15-2-9-19(10-3-15)27-24-28-23(29)22(31-24)13-17-6-11-21(20(25)12-17)30-14-16-4-7-18(26)8-5-16/h2-13H,14H2,1H3,(H,27,28,29)/b22-13+. The van der Waals surface area contributed by atoms with Gasteiger partial charge in [-0.2, -0.15) is 0 Å². The van der Waals surface area contributed by atoms with Gasteiger partial charge in [-0.05, 0) is 111 Å². The maximum atomic E-state index is 12.4. The first-order valence-electron chi connectivity index (χ1n) is 9.49. The monoisotopic (exact) mass is 604 g/mol. The van der Waals surface area contributed by atoms with Crippen LogP contribution < -0.4 is 10.1 Å². The number of carbonyl (C=O) groups is 1. The lowest BCUT2D eigenvalue weighted by atomic mass is 10.2. The van der Waals surface area contributed by atoms with Crippen LogP contribution >= 0.6 is 50.3 Å². The molecule has 0 atom stereocenters. The number of aryl methyl sites for hydroxylation is 1. The number of benzene rings is 3. The normalized spacial score (nSPS) is 16.0. The number of nitrogens with zero attached hydrogens (tertiary/aromatic N) is 1. The Balaban J connectivity index is 1.44. The molecule has 7 heteroatoms. The zero-order chi connectivity index (χ0) is 21.8. The van der Waals surface area contributed by atoms with Gasteiger partial charge in [0, 0.05) is 3.57 Å². The fourth-order valence-electron chi connectivity index (χ4n) is 2.83. The highest BCUT2D eigenvalue weighted by Crippen LogP contribution is 2.31. The van der Waals surface area contributed by atoms with Crippen molar-refractivity contribution in [3.63, 3.8) is 0 Å². The van der Waals surface area contributed by atoms with Gasteiger partial charge in [0.2, 0.25) is 0 Å². The molecule has 31 heavy (non-hydrogen) atoms. The summed E-state index contributed by atoms with van der Waals surface area (Å²) >= 11 is 7.19. The number of amidine groups is 1. The lowest BCUT2D eigenvalue weighted by Gasteiger charge is -2.09. The van der Waals surface area contributed by atoms with Crippen molar-refractivity contribution in [2.45, 2.75) is 13.5 Å². The van der Waals surface area contributed by atoms with Gasteiger partial charge >= 0.3 is 0 Å². The van der Waals surface area contributed by atoms with Crippen LogP contribution in [-0.2, 0) is 11.4 Å². The van der Waals surface area contributed by atoms with Crippen molar-refractivity contribution < 1.29 is 9.53 Å². The van der Waals surface area contributed by atoms with E-state index in [9.17, 15) is 4.79 Å². The second-order valence-corrected chi connectivity index (χ2v) is 10.1. The molecule has 1 amide bonds. The van der Waals surface area contributed by atoms with Crippen molar-refractivity contribution >= 4 is 73.1 Å². The molecule has 0 bridgehead atoms. The van der Waals surface area contributed by atoms with Gasteiger partial charge in [0.05, 0.1) is 15.1 Å². The largest absolute Gasteiger partial charge is 0.488 e. The zero-order valence-corrected chi connectivity index (χ0v) is 21.1. The molecule has 4 nitrogen and oxygen atoms in total. The fourth-order valence-corrected chi connectivity index (χ4v) is 4.55. The van der Waals surface area contributed by atoms with Gasteiger partial charge in [0.25, 0.3) is 5.91 Å². The molecule has 1 fully saturated rings. The third-order valence-electron chi connectivity index (χ3n) is 4.48. The number of aliphatic imine (C=N–C) groups is 1. The van der Waals surface area contributed by atoms with E-state index in [4.69, 9.17) is 4.74 Å². The number of ether oxygens (including phenoxy) is 1. The van der Waals surface area contributed by atoms with Crippen molar-refractivity contribution in [3.05, 3.63) is 96.4 Å². The summed E-state index contributed by atoms with van der Waals surface area (Å²) in [6, 6.07) is 21.9. The fraction of sp³-hybridized carbons (Fsp3) is 0.0833. The van der Waals surface area contributed by atoms with Crippen LogP contribution in [0, 0.1) is 10.5 Å². The minimum absolute atomic E-state index is 0.147. The molecule has 1 aliphatic heterocycles. The van der Waals surface area contributed by atoms with Crippen molar-refractivity contribution in [1.29, 1.82) is 0 Å². The van der Waals surface area contributed by atoms with Gasteiger partial charge in [-0.15, -0.1) is 0 Å². The second-order valence-electron chi connectivity index (χ2n) is 6.92. The van der Waals surface area contributed by atoms with Gasteiger partial charge in [-0.3, -0.25) is 4.79 Å². The van der Waals surface area contributed by atoms with Gasteiger partial charge in [-0.25, -0.2) is 4.99 Å². The number of halogens is 2. The highest BCUT2D eigenvalue weighted by molar-refractivity contribution is 14.1. The summed E-state index contributed by atoms with van der Waals surface area (Å²) in [5.74, 6) is 0.608. The van der Waals surface area contributed by atoms with E-state index in [1.165, 1.54) is 20.9 Å². The Morgan fingerprint density at radius 2 is 1.84 bits per heavy atom.